The van der Waals surface area contributed by atoms with Crippen molar-refractivity contribution < 1.29 is 13.2 Å². The molecule has 1 aromatic carbocycles. The highest BCUT2D eigenvalue weighted by molar-refractivity contribution is 7.92. The third-order valence-electron chi connectivity index (χ3n) is 6.10. The van der Waals surface area contributed by atoms with Crippen molar-refractivity contribution in [1.82, 2.24) is 14.5 Å². The van der Waals surface area contributed by atoms with Crippen LogP contribution in [-0.2, 0) is 17.1 Å². The lowest BCUT2D eigenvalue weighted by molar-refractivity contribution is 0.0796. The molecule has 1 aliphatic rings. The number of likely N-dealkylation sites (tertiary alicyclic amines) is 1. The van der Waals surface area contributed by atoms with Crippen LogP contribution in [0.1, 0.15) is 45.0 Å². The van der Waals surface area contributed by atoms with Gasteiger partial charge in [-0.3, -0.25) is 9.52 Å². The second-order valence-corrected chi connectivity index (χ2v) is 11.0. The van der Waals surface area contributed by atoms with Gasteiger partial charge in [-0.25, -0.2) is 13.4 Å². The number of nitrogens with one attached hydrogen (secondary N) is 1. The molecule has 4 rings (SSSR count). The molecule has 3 heterocycles. The Labute approximate surface area is 193 Å². The van der Waals surface area contributed by atoms with E-state index in [0.717, 1.165) is 37.1 Å². The van der Waals surface area contributed by atoms with Crippen molar-refractivity contribution in [2.24, 2.45) is 7.05 Å². The van der Waals surface area contributed by atoms with Crippen LogP contribution in [0.4, 0.5) is 5.69 Å². The lowest BCUT2D eigenvalue weighted by Crippen LogP contribution is -2.27. The van der Waals surface area contributed by atoms with Crippen LogP contribution in [0.3, 0.4) is 0 Å². The molecule has 0 aliphatic carbocycles. The van der Waals surface area contributed by atoms with E-state index in [-0.39, 0.29) is 10.8 Å². The van der Waals surface area contributed by atoms with Crippen molar-refractivity contribution in [2.45, 2.75) is 45.4 Å². The zero-order chi connectivity index (χ0) is 23.2. The highest BCUT2D eigenvalue weighted by atomic mass is 32.2. The molecule has 1 amide bonds. The van der Waals surface area contributed by atoms with Crippen LogP contribution in [0.2, 0.25) is 0 Å². The van der Waals surface area contributed by atoms with E-state index in [1.54, 1.807) is 13.0 Å². The second kappa shape index (κ2) is 8.37. The molecule has 0 saturated carbocycles. The largest absolute Gasteiger partial charge is 0.345 e. The average Bonchev–Trinajstić information content (AvgIpc) is 3.46. The molecule has 0 radical (unpaired) electrons. The van der Waals surface area contributed by atoms with Gasteiger partial charge in [-0.2, -0.15) is 0 Å². The predicted molar refractivity (Wildman–Crippen MR) is 128 cm³/mol. The lowest BCUT2D eigenvalue weighted by Gasteiger charge is -2.13. The third-order valence-corrected chi connectivity index (χ3v) is 8.73. The second-order valence-electron chi connectivity index (χ2n) is 8.34. The molecular formula is C23H28N4O3S2. The van der Waals surface area contributed by atoms with Crippen molar-refractivity contribution in [1.29, 1.82) is 0 Å². The van der Waals surface area contributed by atoms with Gasteiger partial charge in [-0.15, -0.1) is 11.3 Å². The molecule has 32 heavy (non-hydrogen) atoms. The molecule has 0 unspecified atom stereocenters. The molecule has 7 nitrogen and oxygen atoms in total. The Morgan fingerprint density at radius 1 is 1.09 bits per heavy atom. The smallest absolute Gasteiger partial charge is 0.265 e. The summed E-state index contributed by atoms with van der Waals surface area (Å²) < 4.78 is 31.1. The van der Waals surface area contributed by atoms with E-state index in [0.29, 0.717) is 32.7 Å². The van der Waals surface area contributed by atoms with Gasteiger partial charge in [0.25, 0.3) is 15.9 Å². The maximum atomic E-state index is 13.3. The highest BCUT2D eigenvalue weighted by Gasteiger charge is 2.27. The van der Waals surface area contributed by atoms with Crippen molar-refractivity contribution in [3.8, 4) is 10.7 Å². The number of anilines is 1. The molecule has 3 aromatic rings. The van der Waals surface area contributed by atoms with E-state index in [2.05, 4.69) is 9.71 Å². The third kappa shape index (κ3) is 3.95. The fourth-order valence-corrected chi connectivity index (χ4v) is 6.66. The van der Waals surface area contributed by atoms with E-state index >= 15 is 0 Å². The van der Waals surface area contributed by atoms with Crippen LogP contribution in [0.5, 0.6) is 0 Å². The molecule has 1 aliphatic heterocycles. The average molecular weight is 473 g/mol. The first-order chi connectivity index (χ1) is 15.1. The Kier molecular flexibility index (Phi) is 5.89. The summed E-state index contributed by atoms with van der Waals surface area (Å²) in [5.41, 5.74) is 4.29. The first-order valence-corrected chi connectivity index (χ1v) is 12.9. The number of hydrogen-bond acceptors (Lipinski definition) is 5. The number of aromatic nitrogens is 2. The van der Waals surface area contributed by atoms with Gasteiger partial charge >= 0.3 is 0 Å². The Morgan fingerprint density at radius 3 is 2.34 bits per heavy atom. The Balaban J connectivity index is 1.70. The fourth-order valence-electron chi connectivity index (χ4n) is 4.08. The monoisotopic (exact) mass is 472 g/mol. The maximum absolute atomic E-state index is 13.3. The summed E-state index contributed by atoms with van der Waals surface area (Å²) >= 11 is 1.32. The summed E-state index contributed by atoms with van der Waals surface area (Å²) in [5.74, 6) is 0.0132. The predicted octanol–water partition coefficient (Wildman–Crippen LogP) is 4.42. The van der Waals surface area contributed by atoms with Crippen LogP contribution in [0.15, 0.2) is 29.2 Å². The number of rotatable bonds is 5. The van der Waals surface area contributed by atoms with Gasteiger partial charge in [0.05, 0.1) is 17.1 Å². The van der Waals surface area contributed by atoms with Gasteiger partial charge in [0.1, 0.15) is 14.8 Å². The summed E-state index contributed by atoms with van der Waals surface area (Å²) in [6.45, 7) is 8.93. The van der Waals surface area contributed by atoms with E-state index in [1.165, 1.54) is 11.3 Å². The van der Waals surface area contributed by atoms with E-state index < -0.39 is 10.0 Å². The molecular weight excluding hydrogens is 444 g/mol. The number of carbonyl (C=O) groups is 1. The van der Waals surface area contributed by atoms with Crippen LogP contribution in [-0.4, -0.2) is 41.9 Å². The van der Waals surface area contributed by atoms with Crippen LogP contribution >= 0.6 is 11.3 Å². The SMILES string of the molecule is Cc1cccc(C)c1NS(=O)(=O)c1cc(-c2nc(C)c(C(=O)N3CCCC3)s2)n(C)c1C. The maximum Gasteiger partial charge on any atom is 0.265 e. The first kappa shape index (κ1) is 22.5. The van der Waals surface area contributed by atoms with Gasteiger partial charge in [-0.05, 0) is 57.7 Å². The zero-order valence-electron chi connectivity index (χ0n) is 19.0. The van der Waals surface area contributed by atoms with Crippen LogP contribution in [0, 0.1) is 27.7 Å². The molecule has 0 bridgehead atoms. The molecule has 0 atom stereocenters. The molecule has 170 valence electrons. The van der Waals surface area contributed by atoms with Crippen LogP contribution < -0.4 is 4.72 Å². The minimum Gasteiger partial charge on any atom is -0.345 e. The van der Waals surface area contributed by atoms with E-state index in [9.17, 15) is 13.2 Å². The number of para-hydroxylation sites is 1. The van der Waals surface area contributed by atoms with Gasteiger partial charge in [-0.1, -0.05) is 18.2 Å². The standard InChI is InChI=1S/C23H28N4O3S2/c1-14-9-8-10-15(2)20(14)25-32(29,30)19-13-18(26(5)17(19)4)22-24-16(3)21(31-22)23(28)27-11-6-7-12-27/h8-10,13,25H,6-7,11-12H2,1-5H3. The Morgan fingerprint density at radius 2 is 1.72 bits per heavy atom. The Bertz CT molecular complexity index is 1280. The van der Waals surface area contributed by atoms with Crippen molar-refractivity contribution in [3.05, 3.63) is 51.7 Å². The van der Waals surface area contributed by atoms with Crippen LogP contribution in [0.25, 0.3) is 10.7 Å². The summed E-state index contributed by atoms with van der Waals surface area (Å²) in [7, 11) is -1.98. The quantitative estimate of drug-likeness (QED) is 0.596. The number of hydrogen-bond donors (Lipinski definition) is 1. The molecule has 1 saturated heterocycles. The lowest BCUT2D eigenvalue weighted by atomic mass is 10.1. The van der Waals surface area contributed by atoms with Gasteiger partial charge < -0.3 is 9.47 Å². The molecule has 0 spiro atoms. The number of benzene rings is 1. The molecule has 2 aromatic heterocycles. The number of carbonyl (C=O) groups excluding carboxylic acids is 1. The molecule has 9 heteroatoms. The number of aryl methyl sites for hydroxylation is 3. The zero-order valence-corrected chi connectivity index (χ0v) is 20.7. The minimum atomic E-state index is -3.80. The van der Waals surface area contributed by atoms with Gasteiger partial charge in [0.15, 0.2) is 0 Å². The summed E-state index contributed by atoms with van der Waals surface area (Å²) in [6.07, 6.45) is 2.06. The molecule has 1 fully saturated rings. The number of thiazole rings is 1. The van der Waals surface area contributed by atoms with Gasteiger partial charge in [0, 0.05) is 25.8 Å². The minimum absolute atomic E-state index is 0.0132. The highest BCUT2D eigenvalue weighted by Crippen LogP contribution is 2.34. The topological polar surface area (TPSA) is 84.3 Å². The van der Waals surface area contributed by atoms with Gasteiger partial charge in [0.2, 0.25) is 0 Å². The molecule has 1 N–H and O–H groups in total. The Hall–Kier alpha value is -2.65. The summed E-state index contributed by atoms with van der Waals surface area (Å²) in [6, 6.07) is 7.31. The van der Waals surface area contributed by atoms with E-state index in [1.807, 2.05) is 55.5 Å². The first-order valence-electron chi connectivity index (χ1n) is 10.6. The van der Waals surface area contributed by atoms with Crippen molar-refractivity contribution >= 4 is 33.0 Å². The normalized spacial score (nSPS) is 14.2. The number of amides is 1. The summed E-state index contributed by atoms with van der Waals surface area (Å²) in [5, 5.41) is 0.643. The number of sulfonamides is 1. The number of nitrogens with zero attached hydrogens (tertiary/aromatic N) is 3. The van der Waals surface area contributed by atoms with E-state index in [4.69, 9.17) is 0 Å². The van der Waals surface area contributed by atoms with Crippen molar-refractivity contribution in [2.75, 3.05) is 17.8 Å². The summed E-state index contributed by atoms with van der Waals surface area (Å²) in [4.78, 5) is 20.2. The fraction of sp³-hybridized carbons (Fsp3) is 0.391. The van der Waals surface area contributed by atoms with Crippen molar-refractivity contribution in [3.63, 3.8) is 0 Å².